The molecule has 2 aromatic rings. The number of amides is 2. The summed E-state index contributed by atoms with van der Waals surface area (Å²) >= 11 is 2.70. The summed E-state index contributed by atoms with van der Waals surface area (Å²) in [5, 5.41) is 17.7. The number of thiophene rings is 2. The lowest BCUT2D eigenvalue weighted by Crippen LogP contribution is -2.17. The normalized spacial score (nSPS) is 14.1. The average molecular weight is 378 g/mol. The van der Waals surface area contributed by atoms with Crippen LogP contribution in [-0.4, -0.2) is 22.2 Å². The molecule has 0 radical (unpaired) electrons. The molecule has 2 aromatic heterocycles. The predicted octanol–water partition coefficient (Wildman–Crippen LogP) is 3.76. The predicted molar refractivity (Wildman–Crippen MR) is 97.3 cm³/mol. The highest BCUT2D eigenvalue weighted by Gasteiger charge is 2.24. The van der Waals surface area contributed by atoms with Crippen molar-refractivity contribution in [2.75, 3.05) is 0 Å². The Kier molecular flexibility index (Phi) is 5.05. The third kappa shape index (κ3) is 3.25. The van der Waals surface area contributed by atoms with Crippen LogP contribution in [0.1, 0.15) is 59.5 Å². The highest BCUT2D eigenvalue weighted by Crippen LogP contribution is 2.44. The number of hydrogen-bond donors (Lipinski definition) is 4. The van der Waals surface area contributed by atoms with Crippen LogP contribution in [0, 0.1) is 13.8 Å². The van der Waals surface area contributed by atoms with E-state index in [0.29, 0.717) is 9.75 Å². The molecule has 0 bridgehead atoms. The van der Waals surface area contributed by atoms with Crippen molar-refractivity contribution >= 4 is 45.6 Å². The molecule has 0 atom stereocenters. The van der Waals surface area contributed by atoms with Gasteiger partial charge >= 0.3 is 0 Å². The van der Waals surface area contributed by atoms with Crippen LogP contribution in [0.2, 0.25) is 0 Å². The quantitative estimate of drug-likeness (QED) is 0.481. The molecule has 25 heavy (non-hydrogen) atoms. The van der Waals surface area contributed by atoms with E-state index in [9.17, 15) is 9.59 Å². The first kappa shape index (κ1) is 17.8. The van der Waals surface area contributed by atoms with Crippen LogP contribution in [0.25, 0.3) is 11.1 Å². The van der Waals surface area contributed by atoms with Crippen molar-refractivity contribution in [3.05, 3.63) is 42.8 Å². The molecular formula is C17H18N2O4S2. The van der Waals surface area contributed by atoms with Gasteiger partial charge in [0.2, 0.25) is 0 Å². The third-order valence-corrected chi connectivity index (χ3v) is 6.45. The molecule has 0 aromatic carbocycles. The molecule has 132 valence electrons. The van der Waals surface area contributed by atoms with E-state index in [1.165, 1.54) is 33.8 Å². The molecule has 0 saturated heterocycles. The van der Waals surface area contributed by atoms with E-state index in [2.05, 4.69) is 0 Å². The van der Waals surface area contributed by atoms with Gasteiger partial charge in [-0.25, -0.2) is 11.0 Å². The van der Waals surface area contributed by atoms with E-state index >= 15 is 0 Å². The Labute approximate surface area is 152 Å². The second-order valence-corrected chi connectivity index (χ2v) is 8.37. The van der Waals surface area contributed by atoms with Crippen LogP contribution >= 0.6 is 22.7 Å². The minimum absolute atomic E-state index is 0.469. The summed E-state index contributed by atoms with van der Waals surface area (Å²) in [6, 6.07) is 3.63. The second-order valence-electron chi connectivity index (χ2n) is 5.85. The van der Waals surface area contributed by atoms with Gasteiger partial charge in [0.25, 0.3) is 11.8 Å². The molecule has 4 N–H and O–H groups in total. The van der Waals surface area contributed by atoms with E-state index in [1.54, 1.807) is 11.0 Å². The van der Waals surface area contributed by atoms with Crippen LogP contribution in [0.5, 0.6) is 0 Å². The molecule has 3 rings (SSSR count). The number of carbonyl (C=O) groups excluding carboxylic acids is 2. The van der Waals surface area contributed by atoms with Gasteiger partial charge in [-0.2, -0.15) is 0 Å². The lowest BCUT2D eigenvalue weighted by molar-refractivity contribution is 0.0706. The van der Waals surface area contributed by atoms with Crippen LogP contribution in [0.4, 0.5) is 0 Å². The Hall–Kier alpha value is -2.00. The third-order valence-electron chi connectivity index (χ3n) is 4.35. The van der Waals surface area contributed by atoms with Gasteiger partial charge < -0.3 is 0 Å². The maximum Gasteiger partial charge on any atom is 0.284 e. The topological polar surface area (TPSA) is 98.7 Å². The molecule has 0 spiro atoms. The first-order valence-electron chi connectivity index (χ1n) is 7.78. The van der Waals surface area contributed by atoms with Crippen LogP contribution < -0.4 is 11.0 Å². The van der Waals surface area contributed by atoms with Crippen molar-refractivity contribution in [2.45, 2.75) is 33.1 Å². The van der Waals surface area contributed by atoms with Crippen LogP contribution in [0.15, 0.2) is 12.1 Å². The lowest BCUT2D eigenvalue weighted by atomic mass is 9.97. The van der Waals surface area contributed by atoms with Gasteiger partial charge in [0.1, 0.15) is 0 Å². The maximum absolute atomic E-state index is 11.7. The zero-order valence-electron chi connectivity index (χ0n) is 13.8. The SMILES string of the molecule is Cc1sc(C(=O)NO)cc1C1=C(c2cc(C(=O)NO)sc2C)CCC1. The highest BCUT2D eigenvalue weighted by molar-refractivity contribution is 7.14. The van der Waals surface area contributed by atoms with E-state index in [-0.39, 0.29) is 0 Å². The zero-order valence-corrected chi connectivity index (χ0v) is 15.4. The number of allylic oxidation sites excluding steroid dienone is 2. The maximum atomic E-state index is 11.7. The summed E-state index contributed by atoms with van der Waals surface area (Å²) in [6.07, 6.45) is 2.83. The molecule has 0 fully saturated rings. The minimum Gasteiger partial charge on any atom is -0.288 e. The van der Waals surface area contributed by atoms with Gasteiger partial charge in [0.15, 0.2) is 0 Å². The van der Waals surface area contributed by atoms with Crippen molar-refractivity contribution in [1.29, 1.82) is 0 Å². The number of hydroxylamine groups is 2. The Morgan fingerprint density at radius 3 is 1.64 bits per heavy atom. The molecule has 0 aliphatic heterocycles. The minimum atomic E-state index is -0.506. The number of carbonyl (C=O) groups is 2. The molecule has 6 nitrogen and oxygen atoms in total. The van der Waals surface area contributed by atoms with Gasteiger partial charge in [0.05, 0.1) is 9.75 Å². The molecule has 1 aliphatic rings. The first-order valence-corrected chi connectivity index (χ1v) is 9.42. The largest absolute Gasteiger partial charge is 0.288 e. The lowest BCUT2D eigenvalue weighted by Gasteiger charge is -2.07. The summed E-state index contributed by atoms with van der Waals surface area (Å²) in [4.78, 5) is 26.3. The molecule has 8 heteroatoms. The Morgan fingerprint density at radius 1 is 0.880 bits per heavy atom. The van der Waals surface area contributed by atoms with Crippen molar-refractivity contribution < 1.29 is 20.0 Å². The number of aryl methyl sites for hydroxylation is 2. The van der Waals surface area contributed by atoms with Crippen molar-refractivity contribution in [1.82, 2.24) is 11.0 Å². The summed E-state index contributed by atoms with van der Waals surface area (Å²) in [5.41, 5.74) is 7.76. The van der Waals surface area contributed by atoms with Crippen LogP contribution in [-0.2, 0) is 0 Å². The van der Waals surface area contributed by atoms with E-state index in [4.69, 9.17) is 10.4 Å². The van der Waals surface area contributed by atoms with E-state index < -0.39 is 11.8 Å². The molecule has 0 saturated carbocycles. The summed E-state index contributed by atoms with van der Waals surface area (Å²) < 4.78 is 0. The standard InChI is InChI=1S/C17H18N2O4S2/c1-8-12(6-14(24-8)16(20)18-22)10-4-3-5-11(10)13-7-15(17(21)19-23)25-9(13)2/h6-7,22-23H,3-5H2,1-2H3,(H,18,20)(H,19,21). The van der Waals surface area contributed by atoms with E-state index in [0.717, 1.165) is 40.1 Å². The van der Waals surface area contributed by atoms with Gasteiger partial charge in [-0.15, -0.1) is 22.7 Å². The molecular weight excluding hydrogens is 360 g/mol. The Balaban J connectivity index is 2.07. The fraction of sp³-hybridized carbons (Fsp3) is 0.294. The monoisotopic (exact) mass is 378 g/mol. The Bertz CT molecular complexity index is 809. The fourth-order valence-corrected chi connectivity index (χ4v) is 5.11. The smallest absolute Gasteiger partial charge is 0.284 e. The average Bonchev–Trinajstić information content (AvgIpc) is 3.31. The molecule has 0 unspecified atom stereocenters. The number of nitrogens with one attached hydrogen (secondary N) is 2. The molecule has 1 aliphatic carbocycles. The van der Waals surface area contributed by atoms with E-state index in [1.807, 2.05) is 26.0 Å². The number of rotatable bonds is 4. The van der Waals surface area contributed by atoms with Crippen molar-refractivity contribution in [2.24, 2.45) is 0 Å². The van der Waals surface area contributed by atoms with Crippen LogP contribution in [0.3, 0.4) is 0 Å². The van der Waals surface area contributed by atoms with Gasteiger partial charge in [-0.3, -0.25) is 20.0 Å². The first-order chi connectivity index (χ1) is 12.0. The van der Waals surface area contributed by atoms with Gasteiger partial charge in [-0.1, -0.05) is 0 Å². The zero-order chi connectivity index (χ0) is 18.1. The summed E-state index contributed by atoms with van der Waals surface area (Å²) in [7, 11) is 0. The number of hydrogen-bond acceptors (Lipinski definition) is 6. The van der Waals surface area contributed by atoms with Crippen molar-refractivity contribution in [3.63, 3.8) is 0 Å². The second kappa shape index (κ2) is 7.09. The van der Waals surface area contributed by atoms with Gasteiger partial charge in [-0.05, 0) is 67.5 Å². The summed E-state index contributed by atoms with van der Waals surface area (Å²) in [5.74, 6) is -1.01. The van der Waals surface area contributed by atoms with Crippen molar-refractivity contribution in [3.8, 4) is 0 Å². The molecule has 2 amide bonds. The summed E-state index contributed by atoms with van der Waals surface area (Å²) in [6.45, 7) is 3.92. The highest BCUT2D eigenvalue weighted by atomic mass is 32.1. The van der Waals surface area contributed by atoms with Gasteiger partial charge in [0, 0.05) is 9.75 Å². The molecule has 2 heterocycles. The Morgan fingerprint density at radius 2 is 1.28 bits per heavy atom. The fourth-order valence-electron chi connectivity index (χ4n) is 3.24.